The number of nitrogens with zero attached hydrogens (tertiary/aromatic N) is 2. The van der Waals surface area contributed by atoms with E-state index in [4.69, 9.17) is 11.6 Å². The SMILES string of the molecule is CC(=O)CCC(=O)Nc1nc2ccccc2nc1Cl. The minimum Gasteiger partial charge on any atom is -0.308 e. The molecule has 0 spiro atoms. The molecule has 1 N–H and O–H groups in total. The summed E-state index contributed by atoms with van der Waals surface area (Å²) in [5.74, 6) is -0.124. The molecule has 0 radical (unpaired) electrons. The molecular weight excluding hydrogens is 266 g/mol. The zero-order chi connectivity index (χ0) is 13.8. The van der Waals surface area contributed by atoms with Crippen LogP contribution in [0.5, 0.6) is 0 Å². The predicted molar refractivity (Wildman–Crippen MR) is 73.1 cm³/mol. The Morgan fingerprint density at radius 1 is 1.16 bits per heavy atom. The van der Waals surface area contributed by atoms with Gasteiger partial charge in [-0.3, -0.25) is 4.79 Å². The van der Waals surface area contributed by atoms with Crippen molar-refractivity contribution < 1.29 is 9.59 Å². The Morgan fingerprint density at radius 2 is 1.79 bits per heavy atom. The van der Waals surface area contributed by atoms with E-state index in [-0.39, 0.29) is 35.5 Å². The normalized spacial score (nSPS) is 10.4. The molecule has 0 bridgehead atoms. The Balaban J connectivity index is 2.18. The first kappa shape index (κ1) is 13.4. The van der Waals surface area contributed by atoms with Gasteiger partial charge in [0.1, 0.15) is 5.78 Å². The van der Waals surface area contributed by atoms with E-state index < -0.39 is 0 Å². The summed E-state index contributed by atoms with van der Waals surface area (Å²) in [5.41, 5.74) is 1.31. The first-order valence-electron chi connectivity index (χ1n) is 5.78. The summed E-state index contributed by atoms with van der Waals surface area (Å²) in [4.78, 5) is 30.8. The number of carbonyl (C=O) groups excluding carboxylic acids is 2. The molecule has 1 aromatic heterocycles. The first-order valence-corrected chi connectivity index (χ1v) is 6.15. The van der Waals surface area contributed by atoms with Gasteiger partial charge in [-0.15, -0.1) is 0 Å². The summed E-state index contributed by atoms with van der Waals surface area (Å²) in [6.45, 7) is 1.44. The van der Waals surface area contributed by atoms with Crippen LogP contribution < -0.4 is 5.32 Å². The summed E-state index contributed by atoms with van der Waals surface area (Å²) >= 11 is 5.95. The monoisotopic (exact) mass is 277 g/mol. The molecule has 98 valence electrons. The van der Waals surface area contributed by atoms with Crippen LogP contribution in [0.1, 0.15) is 19.8 Å². The van der Waals surface area contributed by atoms with Crippen molar-refractivity contribution in [3.8, 4) is 0 Å². The Kier molecular flexibility index (Phi) is 4.06. The van der Waals surface area contributed by atoms with Crippen LogP contribution in [0.15, 0.2) is 24.3 Å². The average Bonchev–Trinajstić information content (AvgIpc) is 2.37. The van der Waals surface area contributed by atoms with Crippen LogP contribution in [0.25, 0.3) is 11.0 Å². The lowest BCUT2D eigenvalue weighted by Crippen LogP contribution is -2.14. The van der Waals surface area contributed by atoms with Gasteiger partial charge in [0.15, 0.2) is 11.0 Å². The van der Waals surface area contributed by atoms with Gasteiger partial charge in [-0.25, -0.2) is 9.97 Å². The molecular formula is C13H12ClN3O2. The van der Waals surface area contributed by atoms with Gasteiger partial charge < -0.3 is 10.1 Å². The maximum absolute atomic E-state index is 11.6. The van der Waals surface area contributed by atoms with Gasteiger partial charge in [0.2, 0.25) is 5.91 Å². The summed E-state index contributed by atoms with van der Waals surface area (Å²) < 4.78 is 0. The highest BCUT2D eigenvalue weighted by Crippen LogP contribution is 2.21. The Morgan fingerprint density at radius 3 is 2.42 bits per heavy atom. The number of anilines is 1. The number of benzene rings is 1. The summed E-state index contributed by atoms with van der Waals surface area (Å²) in [6, 6.07) is 7.23. The lowest BCUT2D eigenvalue weighted by atomic mass is 10.2. The van der Waals surface area contributed by atoms with Gasteiger partial charge >= 0.3 is 0 Å². The van der Waals surface area contributed by atoms with Gasteiger partial charge in [-0.2, -0.15) is 0 Å². The number of nitrogens with one attached hydrogen (secondary N) is 1. The molecule has 0 saturated carbocycles. The molecule has 1 amide bonds. The number of hydrogen-bond acceptors (Lipinski definition) is 4. The highest BCUT2D eigenvalue weighted by atomic mass is 35.5. The van der Waals surface area contributed by atoms with Gasteiger partial charge in [-0.1, -0.05) is 23.7 Å². The van der Waals surface area contributed by atoms with Crippen molar-refractivity contribution in [1.29, 1.82) is 0 Å². The quantitative estimate of drug-likeness (QED) is 0.932. The van der Waals surface area contributed by atoms with Gasteiger partial charge in [0.25, 0.3) is 0 Å². The van der Waals surface area contributed by atoms with E-state index in [9.17, 15) is 9.59 Å². The Bertz CT molecular complexity index is 643. The molecule has 2 aromatic rings. The standard InChI is InChI=1S/C13H12ClN3O2/c1-8(18)6-7-11(19)17-13-12(14)15-9-4-2-3-5-10(9)16-13/h2-5H,6-7H2,1H3,(H,16,17,19). The number of amides is 1. The lowest BCUT2D eigenvalue weighted by molar-refractivity contribution is -0.121. The fraction of sp³-hybridized carbons (Fsp3) is 0.231. The van der Waals surface area contributed by atoms with Gasteiger partial charge in [0.05, 0.1) is 11.0 Å². The van der Waals surface area contributed by atoms with E-state index in [1.54, 1.807) is 12.1 Å². The van der Waals surface area contributed by atoms with Crippen LogP contribution in [0.2, 0.25) is 5.15 Å². The van der Waals surface area contributed by atoms with Crippen LogP contribution in [0, 0.1) is 0 Å². The van der Waals surface area contributed by atoms with Crippen LogP contribution in [-0.2, 0) is 9.59 Å². The molecule has 1 aromatic carbocycles. The minimum atomic E-state index is -0.304. The average molecular weight is 278 g/mol. The summed E-state index contributed by atoms with van der Waals surface area (Å²) in [5, 5.41) is 2.70. The summed E-state index contributed by atoms with van der Waals surface area (Å²) in [6.07, 6.45) is 0.310. The number of Topliss-reactive ketones (excluding diaryl/α,β-unsaturated/α-hetero) is 1. The van der Waals surface area contributed by atoms with Crippen molar-refractivity contribution in [2.24, 2.45) is 0 Å². The second kappa shape index (κ2) is 5.75. The molecule has 0 aliphatic carbocycles. The van der Waals surface area contributed by atoms with Crippen molar-refractivity contribution in [2.45, 2.75) is 19.8 Å². The molecule has 1 heterocycles. The van der Waals surface area contributed by atoms with Crippen LogP contribution in [0.3, 0.4) is 0 Å². The largest absolute Gasteiger partial charge is 0.308 e. The van der Waals surface area contributed by atoms with Crippen LogP contribution in [-0.4, -0.2) is 21.7 Å². The molecule has 2 rings (SSSR count). The topological polar surface area (TPSA) is 72.0 Å². The van der Waals surface area contributed by atoms with Gasteiger partial charge in [0, 0.05) is 12.8 Å². The predicted octanol–water partition coefficient (Wildman–Crippen LogP) is 2.59. The third-order valence-electron chi connectivity index (χ3n) is 2.49. The molecule has 0 aliphatic heterocycles. The maximum Gasteiger partial charge on any atom is 0.226 e. The highest BCUT2D eigenvalue weighted by Gasteiger charge is 2.10. The number of halogens is 1. The molecule has 5 nitrogen and oxygen atoms in total. The number of fused-ring (bicyclic) bond motifs is 1. The fourth-order valence-electron chi connectivity index (χ4n) is 1.54. The van der Waals surface area contributed by atoms with Crippen LogP contribution in [0.4, 0.5) is 5.82 Å². The second-order valence-electron chi connectivity index (χ2n) is 4.10. The number of hydrogen-bond donors (Lipinski definition) is 1. The molecule has 0 saturated heterocycles. The van der Waals surface area contributed by atoms with Crippen molar-refractivity contribution in [3.05, 3.63) is 29.4 Å². The van der Waals surface area contributed by atoms with E-state index in [2.05, 4.69) is 15.3 Å². The highest BCUT2D eigenvalue weighted by molar-refractivity contribution is 6.32. The second-order valence-corrected chi connectivity index (χ2v) is 4.46. The molecule has 6 heteroatoms. The number of rotatable bonds is 4. The first-order chi connectivity index (χ1) is 9.06. The number of aromatic nitrogens is 2. The van der Waals surface area contributed by atoms with Crippen molar-refractivity contribution >= 4 is 40.1 Å². The van der Waals surface area contributed by atoms with Crippen molar-refractivity contribution in [3.63, 3.8) is 0 Å². The van der Waals surface area contributed by atoms with Crippen molar-refractivity contribution in [1.82, 2.24) is 9.97 Å². The lowest BCUT2D eigenvalue weighted by Gasteiger charge is -2.06. The molecule has 0 aliphatic rings. The zero-order valence-electron chi connectivity index (χ0n) is 10.3. The molecule has 0 fully saturated rings. The minimum absolute atomic E-state index is 0.0363. The molecule has 19 heavy (non-hydrogen) atoms. The fourth-order valence-corrected chi connectivity index (χ4v) is 1.72. The van der Waals surface area contributed by atoms with E-state index in [1.807, 2.05) is 12.1 Å². The molecule has 0 unspecified atom stereocenters. The zero-order valence-corrected chi connectivity index (χ0v) is 11.1. The smallest absolute Gasteiger partial charge is 0.226 e. The summed E-state index contributed by atoms with van der Waals surface area (Å²) in [7, 11) is 0. The van der Waals surface area contributed by atoms with Crippen LogP contribution >= 0.6 is 11.6 Å². The number of para-hydroxylation sites is 2. The van der Waals surface area contributed by atoms with E-state index in [0.29, 0.717) is 11.0 Å². The number of carbonyl (C=O) groups is 2. The van der Waals surface area contributed by atoms with E-state index >= 15 is 0 Å². The van der Waals surface area contributed by atoms with Crippen molar-refractivity contribution in [2.75, 3.05) is 5.32 Å². The maximum atomic E-state index is 11.6. The Labute approximate surface area is 115 Å². The molecule has 0 atom stereocenters. The number of ketones is 1. The van der Waals surface area contributed by atoms with E-state index in [0.717, 1.165) is 0 Å². The van der Waals surface area contributed by atoms with E-state index in [1.165, 1.54) is 6.92 Å². The van der Waals surface area contributed by atoms with Gasteiger partial charge in [-0.05, 0) is 19.1 Å². The third kappa shape index (κ3) is 3.48. The third-order valence-corrected chi connectivity index (χ3v) is 2.75. The Hall–Kier alpha value is -2.01.